The van der Waals surface area contributed by atoms with Crippen LogP contribution in [0.2, 0.25) is 0 Å². The van der Waals surface area contributed by atoms with Crippen molar-refractivity contribution in [3.8, 4) is 0 Å². The van der Waals surface area contributed by atoms with Crippen molar-refractivity contribution in [2.75, 3.05) is 20.1 Å². The van der Waals surface area contributed by atoms with Crippen LogP contribution in [0.25, 0.3) is 0 Å². The Morgan fingerprint density at radius 3 is 2.65 bits per heavy atom. The van der Waals surface area contributed by atoms with Crippen LogP contribution in [0.15, 0.2) is 50.5 Å². The molecule has 0 N–H and O–H groups in total. The van der Waals surface area contributed by atoms with Crippen molar-refractivity contribution < 1.29 is 13.2 Å². The SMILES string of the molecule is CN(Cc1ccccc1)C(=O)[C@@H]1CCCN(S(=O)(=O)c2ccc(Br)s2)C1. The van der Waals surface area contributed by atoms with E-state index in [1.165, 1.54) is 15.6 Å². The van der Waals surface area contributed by atoms with Gasteiger partial charge in [0.2, 0.25) is 5.91 Å². The molecule has 1 aromatic carbocycles. The Kier molecular flexibility index (Phi) is 6.17. The van der Waals surface area contributed by atoms with Crippen LogP contribution < -0.4 is 0 Å². The third-order valence-corrected chi connectivity index (χ3v) is 8.47. The quantitative estimate of drug-likeness (QED) is 0.690. The normalized spacial score (nSPS) is 18.6. The third-order valence-electron chi connectivity index (χ3n) is 4.51. The fraction of sp³-hybridized carbons (Fsp3) is 0.389. The lowest BCUT2D eigenvalue weighted by molar-refractivity contribution is -0.135. The van der Waals surface area contributed by atoms with Gasteiger partial charge in [0.25, 0.3) is 10.0 Å². The predicted octanol–water partition coefficient (Wildman–Crippen LogP) is 3.57. The number of hydrogen-bond acceptors (Lipinski definition) is 4. The molecule has 3 rings (SSSR count). The standard InChI is InChI=1S/C18H21BrN2O3S2/c1-20(12-14-6-3-2-4-7-14)18(22)15-8-5-11-21(13-15)26(23,24)17-10-9-16(19)25-17/h2-4,6-7,9-10,15H,5,8,11-13H2,1H3/t15-/m1/s1. The Balaban J connectivity index is 1.68. The number of rotatable bonds is 5. The minimum Gasteiger partial charge on any atom is -0.341 e. The van der Waals surface area contributed by atoms with Crippen molar-refractivity contribution in [2.45, 2.75) is 23.6 Å². The zero-order valence-electron chi connectivity index (χ0n) is 14.5. The smallest absolute Gasteiger partial charge is 0.252 e. The topological polar surface area (TPSA) is 57.7 Å². The van der Waals surface area contributed by atoms with Crippen LogP contribution in [0.1, 0.15) is 18.4 Å². The molecular formula is C18H21BrN2O3S2. The maximum Gasteiger partial charge on any atom is 0.252 e. The van der Waals surface area contributed by atoms with Gasteiger partial charge in [-0.15, -0.1) is 11.3 Å². The van der Waals surface area contributed by atoms with Crippen molar-refractivity contribution in [1.29, 1.82) is 0 Å². The zero-order chi connectivity index (χ0) is 18.7. The first-order chi connectivity index (χ1) is 12.4. The Morgan fingerprint density at radius 2 is 2.00 bits per heavy atom. The number of nitrogens with zero attached hydrogens (tertiary/aromatic N) is 2. The summed E-state index contributed by atoms with van der Waals surface area (Å²) in [6.07, 6.45) is 1.42. The Morgan fingerprint density at radius 1 is 1.27 bits per heavy atom. The molecule has 26 heavy (non-hydrogen) atoms. The number of sulfonamides is 1. The molecule has 0 aliphatic carbocycles. The fourth-order valence-corrected chi connectivity index (χ4v) is 6.86. The zero-order valence-corrected chi connectivity index (χ0v) is 17.7. The average molecular weight is 457 g/mol. The molecule has 8 heteroatoms. The summed E-state index contributed by atoms with van der Waals surface area (Å²) >= 11 is 4.51. The van der Waals surface area contributed by atoms with Crippen LogP contribution in [-0.2, 0) is 21.4 Å². The van der Waals surface area contributed by atoms with E-state index in [-0.39, 0.29) is 18.4 Å². The first-order valence-electron chi connectivity index (χ1n) is 8.42. The second-order valence-electron chi connectivity index (χ2n) is 6.44. The van der Waals surface area contributed by atoms with Crippen molar-refractivity contribution in [3.05, 3.63) is 51.8 Å². The number of thiophene rings is 1. The number of carbonyl (C=O) groups is 1. The summed E-state index contributed by atoms with van der Waals surface area (Å²) in [7, 11) is -1.76. The third kappa shape index (κ3) is 4.36. The van der Waals surface area contributed by atoms with Gasteiger partial charge in [0.05, 0.1) is 9.70 Å². The molecule has 0 bridgehead atoms. The molecule has 2 heterocycles. The molecule has 1 fully saturated rings. The monoisotopic (exact) mass is 456 g/mol. The maximum atomic E-state index is 12.8. The van der Waals surface area contributed by atoms with E-state index >= 15 is 0 Å². The highest BCUT2D eigenvalue weighted by Gasteiger charge is 2.35. The van der Waals surface area contributed by atoms with E-state index in [1.807, 2.05) is 30.3 Å². The van der Waals surface area contributed by atoms with Crippen molar-refractivity contribution in [3.63, 3.8) is 0 Å². The van der Waals surface area contributed by atoms with Gasteiger partial charge in [-0.05, 0) is 46.5 Å². The number of carbonyl (C=O) groups excluding carboxylic acids is 1. The van der Waals surface area contributed by atoms with Gasteiger partial charge < -0.3 is 4.90 Å². The maximum absolute atomic E-state index is 12.8. The van der Waals surface area contributed by atoms with E-state index < -0.39 is 10.0 Å². The average Bonchev–Trinajstić information content (AvgIpc) is 3.09. The van der Waals surface area contributed by atoms with Gasteiger partial charge in [-0.2, -0.15) is 4.31 Å². The molecule has 1 amide bonds. The van der Waals surface area contributed by atoms with Gasteiger partial charge in [0.1, 0.15) is 4.21 Å². The van der Waals surface area contributed by atoms with Crippen LogP contribution in [0.3, 0.4) is 0 Å². The van der Waals surface area contributed by atoms with Crippen LogP contribution in [-0.4, -0.2) is 43.7 Å². The Hall–Kier alpha value is -1.22. The van der Waals surface area contributed by atoms with Gasteiger partial charge in [-0.3, -0.25) is 4.79 Å². The highest BCUT2D eigenvalue weighted by molar-refractivity contribution is 9.11. The van der Waals surface area contributed by atoms with Crippen LogP contribution in [0.4, 0.5) is 0 Å². The minimum atomic E-state index is -3.54. The first-order valence-corrected chi connectivity index (χ1v) is 11.5. The fourth-order valence-electron chi connectivity index (χ4n) is 3.17. The van der Waals surface area contributed by atoms with Gasteiger partial charge in [0.15, 0.2) is 0 Å². The Labute approximate surface area is 166 Å². The Bertz CT molecular complexity index is 868. The minimum absolute atomic E-state index is 0.00103. The molecule has 0 saturated carbocycles. The molecule has 1 aliphatic rings. The number of halogens is 1. The molecule has 1 aliphatic heterocycles. The highest BCUT2D eigenvalue weighted by Crippen LogP contribution is 2.31. The molecule has 0 unspecified atom stereocenters. The molecule has 2 aromatic rings. The van der Waals surface area contributed by atoms with Crippen LogP contribution in [0.5, 0.6) is 0 Å². The van der Waals surface area contributed by atoms with Crippen LogP contribution >= 0.6 is 27.3 Å². The largest absolute Gasteiger partial charge is 0.341 e. The number of benzene rings is 1. The van der Waals surface area contributed by atoms with Crippen molar-refractivity contribution in [2.24, 2.45) is 5.92 Å². The van der Waals surface area contributed by atoms with Gasteiger partial charge in [-0.25, -0.2) is 8.42 Å². The summed E-state index contributed by atoms with van der Waals surface area (Å²) in [5.74, 6) is -0.295. The molecule has 1 atom stereocenters. The molecular weight excluding hydrogens is 436 g/mol. The molecule has 0 radical (unpaired) electrons. The van der Waals surface area contributed by atoms with E-state index in [1.54, 1.807) is 24.1 Å². The second kappa shape index (κ2) is 8.21. The molecule has 1 saturated heterocycles. The summed E-state index contributed by atoms with van der Waals surface area (Å²) in [4.78, 5) is 14.5. The first kappa shape index (κ1) is 19.5. The summed E-state index contributed by atoms with van der Waals surface area (Å²) in [6, 6.07) is 13.1. The van der Waals surface area contributed by atoms with Gasteiger partial charge in [-0.1, -0.05) is 30.3 Å². The lowest BCUT2D eigenvalue weighted by Gasteiger charge is -2.33. The van der Waals surface area contributed by atoms with Gasteiger partial charge in [0, 0.05) is 26.7 Å². The highest BCUT2D eigenvalue weighted by atomic mass is 79.9. The predicted molar refractivity (Wildman–Crippen MR) is 106 cm³/mol. The summed E-state index contributed by atoms with van der Waals surface area (Å²) < 4.78 is 28.2. The number of amides is 1. The van der Waals surface area contributed by atoms with E-state index in [0.29, 0.717) is 23.7 Å². The van der Waals surface area contributed by atoms with Crippen LogP contribution in [0, 0.1) is 5.92 Å². The van der Waals surface area contributed by atoms with Crippen molar-refractivity contribution in [1.82, 2.24) is 9.21 Å². The summed E-state index contributed by atoms with van der Waals surface area (Å²) in [6.45, 7) is 1.24. The van der Waals surface area contributed by atoms with E-state index in [0.717, 1.165) is 15.8 Å². The van der Waals surface area contributed by atoms with E-state index in [9.17, 15) is 13.2 Å². The molecule has 140 valence electrons. The molecule has 5 nitrogen and oxygen atoms in total. The number of hydrogen-bond donors (Lipinski definition) is 0. The van der Waals surface area contributed by atoms with E-state index in [4.69, 9.17) is 0 Å². The van der Waals surface area contributed by atoms with Gasteiger partial charge >= 0.3 is 0 Å². The molecule has 0 spiro atoms. The van der Waals surface area contributed by atoms with E-state index in [2.05, 4.69) is 15.9 Å². The van der Waals surface area contributed by atoms with Crippen molar-refractivity contribution >= 4 is 43.2 Å². The lowest BCUT2D eigenvalue weighted by Crippen LogP contribution is -2.45. The molecule has 1 aromatic heterocycles. The second-order valence-corrected chi connectivity index (χ2v) is 11.1. The summed E-state index contributed by atoms with van der Waals surface area (Å²) in [5.41, 5.74) is 1.06. The number of piperidine rings is 1. The summed E-state index contributed by atoms with van der Waals surface area (Å²) in [5, 5.41) is 0. The lowest BCUT2D eigenvalue weighted by atomic mass is 9.98.